The summed E-state index contributed by atoms with van der Waals surface area (Å²) in [4.78, 5) is 26.7. The Morgan fingerprint density at radius 3 is 2.63 bits per heavy atom. The Bertz CT molecular complexity index is 323. The number of hydrogen-bond acceptors (Lipinski definition) is 4. The fourth-order valence-electron chi connectivity index (χ4n) is 2.06. The number of rotatable bonds is 6. The standard InChI is InChI=1S/C12H23N3O3S/c1-4-14(5-2)6-9(3)13-12(18)15-8-19-7-10(15)11(16)17/h9-10H,4-8H2,1-3H3,(H,13,18)(H,16,17). The number of urea groups is 1. The molecule has 0 saturated carbocycles. The van der Waals surface area contributed by atoms with Crippen molar-refractivity contribution >= 4 is 23.8 Å². The first-order valence-corrected chi connectivity index (χ1v) is 7.75. The highest BCUT2D eigenvalue weighted by Crippen LogP contribution is 2.20. The van der Waals surface area contributed by atoms with E-state index >= 15 is 0 Å². The third-order valence-electron chi connectivity index (χ3n) is 3.22. The topological polar surface area (TPSA) is 72.9 Å². The van der Waals surface area contributed by atoms with E-state index in [9.17, 15) is 9.59 Å². The van der Waals surface area contributed by atoms with Crippen molar-refractivity contribution in [3.05, 3.63) is 0 Å². The molecule has 0 aromatic rings. The number of aliphatic carboxylic acids is 1. The average molecular weight is 289 g/mol. The monoisotopic (exact) mass is 289 g/mol. The molecule has 2 N–H and O–H groups in total. The van der Waals surface area contributed by atoms with E-state index < -0.39 is 12.0 Å². The van der Waals surface area contributed by atoms with Crippen molar-refractivity contribution in [2.45, 2.75) is 32.9 Å². The van der Waals surface area contributed by atoms with Gasteiger partial charge in [-0.25, -0.2) is 9.59 Å². The molecule has 0 aromatic heterocycles. The maximum absolute atomic E-state index is 12.0. The summed E-state index contributed by atoms with van der Waals surface area (Å²) in [5.41, 5.74) is 0. The van der Waals surface area contributed by atoms with Crippen molar-refractivity contribution in [2.24, 2.45) is 0 Å². The number of thioether (sulfide) groups is 1. The molecule has 2 atom stereocenters. The van der Waals surface area contributed by atoms with Crippen LogP contribution < -0.4 is 5.32 Å². The number of carboxylic acid groups (broad SMARTS) is 1. The number of amides is 2. The SMILES string of the molecule is CCN(CC)CC(C)NC(=O)N1CSCC1C(=O)O. The summed E-state index contributed by atoms with van der Waals surface area (Å²) >= 11 is 1.47. The van der Waals surface area contributed by atoms with E-state index in [1.807, 2.05) is 6.92 Å². The van der Waals surface area contributed by atoms with Gasteiger partial charge in [0, 0.05) is 18.3 Å². The lowest BCUT2D eigenvalue weighted by Crippen LogP contribution is -2.51. The van der Waals surface area contributed by atoms with Gasteiger partial charge in [-0.2, -0.15) is 0 Å². The fourth-order valence-corrected chi connectivity index (χ4v) is 3.20. The highest BCUT2D eigenvalue weighted by molar-refractivity contribution is 7.99. The first kappa shape index (κ1) is 16.1. The lowest BCUT2D eigenvalue weighted by Gasteiger charge is -2.27. The molecule has 6 nitrogen and oxygen atoms in total. The predicted octanol–water partition coefficient (Wildman–Crippen LogP) is 0.886. The summed E-state index contributed by atoms with van der Waals surface area (Å²) in [5, 5.41) is 11.9. The summed E-state index contributed by atoms with van der Waals surface area (Å²) < 4.78 is 0. The van der Waals surface area contributed by atoms with E-state index in [4.69, 9.17) is 5.11 Å². The second-order valence-electron chi connectivity index (χ2n) is 4.66. The first-order chi connectivity index (χ1) is 8.99. The molecular weight excluding hydrogens is 266 g/mol. The van der Waals surface area contributed by atoms with Crippen molar-refractivity contribution in [1.82, 2.24) is 15.1 Å². The van der Waals surface area contributed by atoms with Gasteiger partial charge in [0.2, 0.25) is 0 Å². The van der Waals surface area contributed by atoms with Gasteiger partial charge in [-0.1, -0.05) is 13.8 Å². The molecule has 1 rings (SSSR count). The summed E-state index contributed by atoms with van der Waals surface area (Å²) in [6.45, 7) is 8.75. The summed E-state index contributed by atoms with van der Waals surface area (Å²) in [7, 11) is 0. The van der Waals surface area contributed by atoms with Gasteiger partial charge in [-0.15, -0.1) is 11.8 Å². The Hall–Kier alpha value is -0.950. The minimum atomic E-state index is -0.934. The van der Waals surface area contributed by atoms with Crippen LogP contribution in [0, 0.1) is 0 Å². The van der Waals surface area contributed by atoms with Crippen LogP contribution in [0.1, 0.15) is 20.8 Å². The first-order valence-electron chi connectivity index (χ1n) is 6.59. The van der Waals surface area contributed by atoms with Crippen LogP contribution in [0.5, 0.6) is 0 Å². The van der Waals surface area contributed by atoms with E-state index in [-0.39, 0.29) is 12.1 Å². The quantitative estimate of drug-likeness (QED) is 0.759. The van der Waals surface area contributed by atoms with E-state index in [1.165, 1.54) is 16.7 Å². The van der Waals surface area contributed by atoms with Gasteiger partial charge >= 0.3 is 12.0 Å². The molecule has 2 unspecified atom stereocenters. The normalized spacial score (nSPS) is 20.6. The Morgan fingerprint density at radius 2 is 2.11 bits per heavy atom. The molecule has 0 aromatic carbocycles. The molecule has 0 radical (unpaired) electrons. The maximum atomic E-state index is 12.0. The van der Waals surface area contributed by atoms with Crippen LogP contribution in [0.4, 0.5) is 4.79 Å². The molecule has 1 aliphatic rings. The summed E-state index contributed by atoms with van der Waals surface area (Å²) in [6, 6.07) is -0.977. The average Bonchev–Trinajstić information content (AvgIpc) is 2.85. The van der Waals surface area contributed by atoms with E-state index in [2.05, 4.69) is 24.1 Å². The number of nitrogens with one attached hydrogen (secondary N) is 1. The Labute approximate surface area is 118 Å². The molecule has 1 aliphatic heterocycles. The fraction of sp³-hybridized carbons (Fsp3) is 0.833. The van der Waals surface area contributed by atoms with Crippen LogP contribution in [-0.4, -0.2) is 70.3 Å². The number of hydrogen-bond donors (Lipinski definition) is 2. The Morgan fingerprint density at radius 1 is 1.47 bits per heavy atom. The van der Waals surface area contributed by atoms with Gasteiger partial charge < -0.3 is 20.2 Å². The Kier molecular flexibility index (Phi) is 6.44. The molecule has 1 fully saturated rings. The predicted molar refractivity (Wildman–Crippen MR) is 76.4 cm³/mol. The lowest BCUT2D eigenvalue weighted by atomic mass is 10.3. The van der Waals surface area contributed by atoms with Gasteiger partial charge in [-0.3, -0.25) is 0 Å². The number of nitrogens with zero attached hydrogens (tertiary/aromatic N) is 2. The molecule has 0 bridgehead atoms. The van der Waals surface area contributed by atoms with E-state index in [1.54, 1.807) is 0 Å². The second kappa shape index (κ2) is 7.59. The van der Waals surface area contributed by atoms with Crippen LogP contribution in [0.25, 0.3) is 0 Å². The zero-order valence-corrected chi connectivity index (χ0v) is 12.6. The number of carboxylic acids is 1. The van der Waals surface area contributed by atoms with Crippen LogP contribution in [-0.2, 0) is 4.79 Å². The van der Waals surface area contributed by atoms with Gasteiger partial charge in [0.15, 0.2) is 0 Å². The number of carbonyl (C=O) groups excluding carboxylic acids is 1. The van der Waals surface area contributed by atoms with Crippen molar-refractivity contribution in [1.29, 1.82) is 0 Å². The third kappa shape index (κ3) is 4.58. The maximum Gasteiger partial charge on any atom is 0.327 e. The number of likely N-dealkylation sites (N-methyl/N-ethyl adjacent to an activating group) is 1. The van der Waals surface area contributed by atoms with Crippen molar-refractivity contribution in [2.75, 3.05) is 31.3 Å². The van der Waals surface area contributed by atoms with Gasteiger partial charge in [0.05, 0.1) is 5.88 Å². The molecular formula is C12H23N3O3S. The van der Waals surface area contributed by atoms with Crippen LogP contribution in [0.3, 0.4) is 0 Å². The highest BCUT2D eigenvalue weighted by atomic mass is 32.2. The second-order valence-corrected chi connectivity index (χ2v) is 5.66. The van der Waals surface area contributed by atoms with Crippen molar-refractivity contribution in [3.63, 3.8) is 0 Å². The van der Waals surface area contributed by atoms with Gasteiger partial charge in [0.1, 0.15) is 6.04 Å². The Balaban J connectivity index is 2.47. The molecule has 7 heteroatoms. The largest absolute Gasteiger partial charge is 0.480 e. The van der Waals surface area contributed by atoms with Crippen LogP contribution >= 0.6 is 11.8 Å². The summed E-state index contributed by atoms with van der Waals surface area (Å²) in [5.74, 6) is -0.0231. The minimum absolute atomic E-state index is 0.00689. The zero-order valence-electron chi connectivity index (χ0n) is 11.8. The summed E-state index contributed by atoms with van der Waals surface area (Å²) in [6.07, 6.45) is 0. The minimum Gasteiger partial charge on any atom is -0.480 e. The molecule has 110 valence electrons. The zero-order chi connectivity index (χ0) is 14.4. The molecule has 1 heterocycles. The highest BCUT2D eigenvalue weighted by Gasteiger charge is 2.34. The van der Waals surface area contributed by atoms with Crippen LogP contribution in [0.15, 0.2) is 0 Å². The van der Waals surface area contributed by atoms with Gasteiger partial charge in [0.25, 0.3) is 0 Å². The van der Waals surface area contributed by atoms with Gasteiger partial charge in [-0.05, 0) is 20.0 Å². The molecule has 1 saturated heterocycles. The van der Waals surface area contributed by atoms with Crippen molar-refractivity contribution in [3.8, 4) is 0 Å². The molecule has 0 spiro atoms. The molecule has 2 amide bonds. The smallest absolute Gasteiger partial charge is 0.327 e. The van der Waals surface area contributed by atoms with Crippen LogP contribution in [0.2, 0.25) is 0 Å². The lowest BCUT2D eigenvalue weighted by molar-refractivity contribution is -0.140. The third-order valence-corrected chi connectivity index (χ3v) is 4.24. The molecule has 19 heavy (non-hydrogen) atoms. The molecule has 0 aliphatic carbocycles. The van der Waals surface area contributed by atoms with E-state index in [0.29, 0.717) is 11.6 Å². The number of carbonyl (C=O) groups is 2. The van der Waals surface area contributed by atoms with Crippen molar-refractivity contribution < 1.29 is 14.7 Å². The van der Waals surface area contributed by atoms with E-state index in [0.717, 1.165) is 19.6 Å².